The molecule has 0 spiro atoms. The van der Waals surface area contributed by atoms with Gasteiger partial charge in [-0.15, -0.1) is 11.3 Å². The van der Waals surface area contributed by atoms with Crippen molar-refractivity contribution in [2.45, 2.75) is 0 Å². The first-order valence-electron chi connectivity index (χ1n) is 7.71. The summed E-state index contributed by atoms with van der Waals surface area (Å²) in [5, 5.41) is 4.28. The first kappa shape index (κ1) is 15.8. The summed E-state index contributed by atoms with van der Waals surface area (Å²) in [7, 11) is 0. The SMILES string of the molecule is O=C(Nc1ccc(-c2cc3ccccc3s2)cc1)c1cccnc1Cl. The minimum Gasteiger partial charge on any atom is -0.322 e. The number of hydrogen-bond donors (Lipinski definition) is 1. The van der Waals surface area contributed by atoms with Crippen molar-refractivity contribution in [3.8, 4) is 10.4 Å². The average Bonchev–Trinajstić information content (AvgIpc) is 3.07. The van der Waals surface area contributed by atoms with Crippen molar-refractivity contribution in [2.75, 3.05) is 5.32 Å². The van der Waals surface area contributed by atoms with Gasteiger partial charge in [0, 0.05) is 21.5 Å². The molecule has 0 saturated heterocycles. The van der Waals surface area contributed by atoms with E-state index in [2.05, 4.69) is 28.5 Å². The van der Waals surface area contributed by atoms with Crippen molar-refractivity contribution in [1.29, 1.82) is 0 Å². The van der Waals surface area contributed by atoms with Crippen molar-refractivity contribution < 1.29 is 4.79 Å². The van der Waals surface area contributed by atoms with Crippen LogP contribution in [0.3, 0.4) is 0 Å². The minimum atomic E-state index is -0.271. The highest BCUT2D eigenvalue weighted by atomic mass is 35.5. The summed E-state index contributed by atoms with van der Waals surface area (Å²) >= 11 is 7.71. The van der Waals surface area contributed by atoms with Crippen LogP contribution in [-0.2, 0) is 0 Å². The van der Waals surface area contributed by atoms with Gasteiger partial charge in [-0.05, 0) is 47.3 Å². The van der Waals surface area contributed by atoms with Crippen LogP contribution < -0.4 is 5.32 Å². The van der Waals surface area contributed by atoms with Crippen LogP contribution in [0.25, 0.3) is 20.5 Å². The van der Waals surface area contributed by atoms with Crippen LogP contribution in [0, 0.1) is 0 Å². The molecule has 2 aromatic carbocycles. The van der Waals surface area contributed by atoms with Gasteiger partial charge < -0.3 is 5.32 Å². The zero-order valence-corrected chi connectivity index (χ0v) is 14.6. The molecule has 5 heteroatoms. The molecule has 0 aliphatic carbocycles. The Kier molecular flexibility index (Phi) is 4.22. The van der Waals surface area contributed by atoms with Gasteiger partial charge in [0.2, 0.25) is 0 Å². The van der Waals surface area contributed by atoms with Gasteiger partial charge in [0.15, 0.2) is 0 Å². The lowest BCUT2D eigenvalue weighted by atomic mass is 10.1. The summed E-state index contributed by atoms with van der Waals surface area (Å²) in [4.78, 5) is 17.4. The van der Waals surface area contributed by atoms with E-state index in [1.165, 1.54) is 15.0 Å². The number of aromatic nitrogens is 1. The first-order valence-corrected chi connectivity index (χ1v) is 8.91. The van der Waals surface area contributed by atoms with E-state index in [4.69, 9.17) is 11.6 Å². The summed E-state index contributed by atoms with van der Waals surface area (Å²) in [5.74, 6) is -0.271. The minimum absolute atomic E-state index is 0.196. The normalized spacial score (nSPS) is 10.8. The maximum absolute atomic E-state index is 12.3. The fraction of sp³-hybridized carbons (Fsp3) is 0. The molecule has 0 unspecified atom stereocenters. The Morgan fingerprint density at radius 3 is 2.56 bits per heavy atom. The predicted molar refractivity (Wildman–Crippen MR) is 104 cm³/mol. The van der Waals surface area contributed by atoms with Crippen LogP contribution in [0.4, 0.5) is 5.69 Å². The van der Waals surface area contributed by atoms with E-state index in [1.807, 2.05) is 36.4 Å². The van der Waals surface area contributed by atoms with Gasteiger partial charge in [0.25, 0.3) is 5.91 Å². The number of rotatable bonds is 3. The molecular weight excluding hydrogens is 352 g/mol. The van der Waals surface area contributed by atoms with E-state index in [0.29, 0.717) is 5.56 Å². The van der Waals surface area contributed by atoms with Crippen LogP contribution in [0.2, 0.25) is 5.15 Å². The number of halogens is 1. The molecular formula is C20H13ClN2OS. The Morgan fingerprint density at radius 1 is 1.00 bits per heavy atom. The third-order valence-electron chi connectivity index (χ3n) is 3.86. The Bertz CT molecular complexity index is 1020. The fourth-order valence-electron chi connectivity index (χ4n) is 2.60. The number of hydrogen-bond acceptors (Lipinski definition) is 3. The van der Waals surface area contributed by atoms with Crippen molar-refractivity contribution in [3.63, 3.8) is 0 Å². The van der Waals surface area contributed by atoms with E-state index in [-0.39, 0.29) is 11.1 Å². The lowest BCUT2D eigenvalue weighted by Crippen LogP contribution is -2.12. The second kappa shape index (κ2) is 6.67. The average molecular weight is 365 g/mol. The molecule has 0 aliphatic heterocycles. The molecule has 0 bridgehead atoms. The van der Waals surface area contributed by atoms with Crippen molar-refractivity contribution in [2.24, 2.45) is 0 Å². The molecule has 0 fully saturated rings. The predicted octanol–water partition coefficient (Wildman–Crippen LogP) is 5.87. The van der Waals surface area contributed by atoms with E-state index >= 15 is 0 Å². The van der Waals surface area contributed by atoms with Crippen LogP contribution in [0.15, 0.2) is 72.9 Å². The van der Waals surface area contributed by atoms with Gasteiger partial charge in [-0.3, -0.25) is 4.79 Å². The van der Waals surface area contributed by atoms with Gasteiger partial charge in [-0.25, -0.2) is 4.98 Å². The number of pyridine rings is 1. The third-order valence-corrected chi connectivity index (χ3v) is 5.32. The molecule has 0 saturated carbocycles. The monoisotopic (exact) mass is 364 g/mol. The molecule has 0 radical (unpaired) electrons. The number of benzene rings is 2. The maximum atomic E-state index is 12.3. The van der Waals surface area contributed by atoms with Crippen LogP contribution in [-0.4, -0.2) is 10.9 Å². The largest absolute Gasteiger partial charge is 0.322 e. The standard InChI is InChI=1S/C20H13ClN2OS/c21-19-16(5-3-11-22-19)20(24)23-15-9-7-13(8-10-15)18-12-14-4-1-2-6-17(14)25-18/h1-12H,(H,23,24). The van der Waals surface area contributed by atoms with E-state index in [1.54, 1.807) is 29.7 Å². The van der Waals surface area contributed by atoms with Crippen LogP contribution >= 0.6 is 22.9 Å². The zero-order chi connectivity index (χ0) is 17.2. The molecule has 0 aliphatic rings. The lowest BCUT2D eigenvalue weighted by Gasteiger charge is -2.07. The molecule has 1 amide bonds. The van der Waals surface area contributed by atoms with E-state index < -0.39 is 0 Å². The van der Waals surface area contributed by atoms with E-state index in [9.17, 15) is 4.79 Å². The summed E-state index contributed by atoms with van der Waals surface area (Å²) in [6.07, 6.45) is 1.55. The van der Waals surface area contributed by atoms with Crippen LogP contribution in [0.1, 0.15) is 10.4 Å². The first-order chi connectivity index (χ1) is 12.2. The maximum Gasteiger partial charge on any atom is 0.258 e. The second-order valence-corrected chi connectivity index (χ2v) is 6.96. The molecule has 0 atom stereocenters. The summed E-state index contributed by atoms with van der Waals surface area (Å²) < 4.78 is 1.26. The number of nitrogens with one attached hydrogen (secondary N) is 1. The summed E-state index contributed by atoms with van der Waals surface area (Å²) in [5.41, 5.74) is 2.20. The Hall–Kier alpha value is -2.69. The van der Waals surface area contributed by atoms with Crippen molar-refractivity contribution >= 4 is 44.6 Å². The Labute approximate surface area is 153 Å². The molecule has 3 nitrogen and oxygen atoms in total. The van der Waals surface area contributed by atoms with E-state index in [0.717, 1.165) is 11.3 Å². The van der Waals surface area contributed by atoms with Crippen LogP contribution in [0.5, 0.6) is 0 Å². The highest BCUT2D eigenvalue weighted by molar-refractivity contribution is 7.22. The topological polar surface area (TPSA) is 42.0 Å². The van der Waals surface area contributed by atoms with Gasteiger partial charge >= 0.3 is 0 Å². The molecule has 2 aromatic heterocycles. The zero-order valence-electron chi connectivity index (χ0n) is 13.1. The summed E-state index contributed by atoms with van der Waals surface area (Å²) in [6.45, 7) is 0. The van der Waals surface area contributed by atoms with Gasteiger partial charge in [0.05, 0.1) is 5.56 Å². The molecule has 1 N–H and O–H groups in total. The number of nitrogens with zero attached hydrogens (tertiary/aromatic N) is 1. The molecule has 122 valence electrons. The van der Waals surface area contributed by atoms with Crippen molar-refractivity contribution in [1.82, 2.24) is 4.98 Å². The number of carbonyl (C=O) groups excluding carboxylic acids is 1. The molecule has 25 heavy (non-hydrogen) atoms. The molecule has 4 rings (SSSR count). The lowest BCUT2D eigenvalue weighted by molar-refractivity contribution is 0.102. The fourth-order valence-corrected chi connectivity index (χ4v) is 3.87. The number of thiophene rings is 1. The highest BCUT2D eigenvalue weighted by Crippen LogP contribution is 2.33. The third kappa shape index (κ3) is 3.27. The smallest absolute Gasteiger partial charge is 0.258 e. The second-order valence-electron chi connectivity index (χ2n) is 5.52. The van der Waals surface area contributed by atoms with Crippen molar-refractivity contribution in [3.05, 3.63) is 83.6 Å². The van der Waals surface area contributed by atoms with Gasteiger partial charge in [0.1, 0.15) is 5.15 Å². The summed E-state index contributed by atoms with van der Waals surface area (Å²) in [6, 6.07) is 21.6. The number of anilines is 1. The number of fused-ring (bicyclic) bond motifs is 1. The molecule has 4 aromatic rings. The molecule has 2 heterocycles. The number of amides is 1. The number of carbonyl (C=O) groups is 1. The quantitative estimate of drug-likeness (QED) is 0.462. The highest BCUT2D eigenvalue weighted by Gasteiger charge is 2.11. The Morgan fingerprint density at radius 2 is 1.80 bits per heavy atom. The van der Waals surface area contributed by atoms with Gasteiger partial charge in [-0.2, -0.15) is 0 Å². The Balaban J connectivity index is 1.56. The van der Waals surface area contributed by atoms with Gasteiger partial charge in [-0.1, -0.05) is 41.9 Å².